The van der Waals surface area contributed by atoms with Gasteiger partial charge in [-0.2, -0.15) is 25.3 Å². The van der Waals surface area contributed by atoms with Crippen molar-refractivity contribution >= 4 is 48.3 Å². The van der Waals surface area contributed by atoms with E-state index in [-0.39, 0.29) is 37.0 Å². The van der Waals surface area contributed by atoms with E-state index in [1.165, 1.54) is 23.5 Å². The molecular weight excluding hydrogens is 436 g/mol. The number of carbonyl (C=O) groups excluding carboxylic acids is 2. The second kappa shape index (κ2) is 11.8. The molecule has 3 aromatic rings. The minimum atomic E-state index is -0.626. The highest BCUT2D eigenvalue weighted by Crippen LogP contribution is 2.22. The van der Waals surface area contributed by atoms with Gasteiger partial charge in [-0.3, -0.25) is 9.59 Å². The molecule has 0 fully saturated rings. The molecule has 1 atom stereocenters. The SMILES string of the molecule is CSCC[C@H](NC(=O)c1ccccc1O)C(=O)Cc1nc(-c2ccccc2)cs1.S. The van der Waals surface area contributed by atoms with Crippen molar-refractivity contribution in [2.24, 2.45) is 0 Å². The van der Waals surface area contributed by atoms with Gasteiger partial charge in [0.15, 0.2) is 5.78 Å². The lowest BCUT2D eigenvalue weighted by Crippen LogP contribution is -2.42. The third kappa shape index (κ3) is 6.35. The molecule has 30 heavy (non-hydrogen) atoms. The van der Waals surface area contributed by atoms with E-state index in [4.69, 9.17) is 0 Å². The Labute approximate surface area is 191 Å². The van der Waals surface area contributed by atoms with Gasteiger partial charge in [0, 0.05) is 10.9 Å². The Hall–Kier alpha value is -2.29. The van der Waals surface area contributed by atoms with E-state index in [0.29, 0.717) is 6.42 Å². The van der Waals surface area contributed by atoms with E-state index in [2.05, 4.69) is 10.3 Å². The number of Topliss-reactive ketones (excluding diaryl/α,β-unsaturated/α-hetero) is 1. The van der Waals surface area contributed by atoms with Crippen molar-refractivity contribution in [1.29, 1.82) is 0 Å². The van der Waals surface area contributed by atoms with Crippen molar-refractivity contribution in [3.8, 4) is 17.0 Å². The maximum absolute atomic E-state index is 12.9. The van der Waals surface area contributed by atoms with E-state index in [0.717, 1.165) is 22.0 Å². The number of thiazole rings is 1. The molecule has 8 heteroatoms. The summed E-state index contributed by atoms with van der Waals surface area (Å²) in [5.41, 5.74) is 2.02. The first-order valence-electron chi connectivity index (χ1n) is 9.19. The van der Waals surface area contributed by atoms with Gasteiger partial charge in [0.2, 0.25) is 0 Å². The van der Waals surface area contributed by atoms with Gasteiger partial charge < -0.3 is 10.4 Å². The minimum absolute atomic E-state index is 0. The maximum atomic E-state index is 12.9. The zero-order valence-corrected chi connectivity index (χ0v) is 19.1. The first-order chi connectivity index (χ1) is 14.1. The van der Waals surface area contributed by atoms with Crippen molar-refractivity contribution in [2.45, 2.75) is 18.9 Å². The van der Waals surface area contributed by atoms with E-state index < -0.39 is 11.9 Å². The third-order valence-electron chi connectivity index (χ3n) is 4.40. The summed E-state index contributed by atoms with van der Waals surface area (Å²) >= 11 is 3.06. The Morgan fingerprint density at radius 2 is 1.83 bits per heavy atom. The zero-order valence-electron chi connectivity index (χ0n) is 16.5. The van der Waals surface area contributed by atoms with Crippen LogP contribution in [0.3, 0.4) is 0 Å². The summed E-state index contributed by atoms with van der Waals surface area (Å²) in [5, 5.41) is 15.3. The molecule has 0 radical (unpaired) electrons. The number of carbonyl (C=O) groups is 2. The lowest BCUT2D eigenvalue weighted by atomic mass is 10.1. The minimum Gasteiger partial charge on any atom is -0.507 e. The van der Waals surface area contributed by atoms with E-state index in [1.807, 2.05) is 42.0 Å². The van der Waals surface area contributed by atoms with Gasteiger partial charge in [-0.25, -0.2) is 4.98 Å². The number of phenolic OH excluding ortho intramolecular Hbond substituents is 1. The van der Waals surface area contributed by atoms with Crippen LogP contribution in [0.1, 0.15) is 21.8 Å². The number of aromatic nitrogens is 1. The van der Waals surface area contributed by atoms with Gasteiger partial charge in [-0.1, -0.05) is 42.5 Å². The number of thioether (sulfide) groups is 1. The van der Waals surface area contributed by atoms with Crippen LogP contribution >= 0.6 is 36.6 Å². The number of ketones is 1. The number of amides is 1. The predicted molar refractivity (Wildman–Crippen MR) is 129 cm³/mol. The van der Waals surface area contributed by atoms with Crippen molar-refractivity contribution in [2.75, 3.05) is 12.0 Å². The van der Waals surface area contributed by atoms with Crippen LogP contribution in [0.15, 0.2) is 60.0 Å². The number of aromatic hydroxyl groups is 1. The van der Waals surface area contributed by atoms with Crippen molar-refractivity contribution in [3.63, 3.8) is 0 Å². The summed E-state index contributed by atoms with van der Waals surface area (Å²) in [6, 6.07) is 15.5. The standard InChI is InChI=1S/C22H22N2O3S2.H2S/c1-28-12-11-17(24-22(27)16-9-5-6-10-19(16)25)20(26)13-21-23-18(14-29-21)15-7-3-2-4-8-15;/h2-10,14,17,25H,11-13H2,1H3,(H,24,27);1H2/t17-;/m0./s1. The number of hydrogen-bond donors (Lipinski definition) is 2. The van der Waals surface area contributed by atoms with E-state index >= 15 is 0 Å². The fourth-order valence-corrected chi connectivity index (χ4v) is 4.14. The summed E-state index contributed by atoms with van der Waals surface area (Å²) < 4.78 is 0. The Morgan fingerprint density at radius 3 is 2.53 bits per heavy atom. The molecule has 0 aliphatic rings. The van der Waals surface area contributed by atoms with Crippen LogP contribution in [0.25, 0.3) is 11.3 Å². The molecule has 0 aliphatic heterocycles. The molecule has 0 bridgehead atoms. The average Bonchev–Trinajstić information content (AvgIpc) is 3.20. The van der Waals surface area contributed by atoms with Crippen molar-refractivity contribution < 1.29 is 14.7 Å². The first kappa shape index (κ1) is 24.0. The number of para-hydroxylation sites is 1. The van der Waals surface area contributed by atoms with Crippen LogP contribution in [0, 0.1) is 0 Å². The molecule has 0 saturated heterocycles. The largest absolute Gasteiger partial charge is 0.507 e. The highest BCUT2D eigenvalue weighted by atomic mass is 32.2. The maximum Gasteiger partial charge on any atom is 0.255 e. The second-order valence-electron chi connectivity index (χ2n) is 6.46. The van der Waals surface area contributed by atoms with E-state index in [9.17, 15) is 14.7 Å². The topological polar surface area (TPSA) is 79.3 Å². The summed E-state index contributed by atoms with van der Waals surface area (Å²) in [4.78, 5) is 30.0. The molecule has 2 aromatic carbocycles. The Balaban J connectivity index is 0.00000320. The molecular formula is C22H24N2O3S3. The molecule has 0 spiro atoms. The Kier molecular flexibility index (Phi) is 9.42. The van der Waals surface area contributed by atoms with Gasteiger partial charge in [-0.05, 0) is 30.6 Å². The van der Waals surface area contributed by atoms with Gasteiger partial charge in [-0.15, -0.1) is 11.3 Å². The molecule has 158 valence electrons. The van der Waals surface area contributed by atoms with Crippen LogP contribution in [-0.2, 0) is 11.2 Å². The van der Waals surface area contributed by atoms with Crippen molar-refractivity contribution in [1.82, 2.24) is 10.3 Å². The molecule has 1 aromatic heterocycles. The molecule has 2 N–H and O–H groups in total. The lowest BCUT2D eigenvalue weighted by molar-refractivity contribution is -0.120. The van der Waals surface area contributed by atoms with Crippen LogP contribution in [0.2, 0.25) is 0 Å². The summed E-state index contributed by atoms with van der Waals surface area (Å²) in [5.74, 6) is 0.0989. The highest BCUT2D eigenvalue weighted by Gasteiger charge is 2.23. The normalized spacial score (nSPS) is 11.4. The van der Waals surface area contributed by atoms with Crippen molar-refractivity contribution in [3.05, 3.63) is 70.5 Å². The summed E-state index contributed by atoms with van der Waals surface area (Å²) in [7, 11) is 0. The highest BCUT2D eigenvalue weighted by molar-refractivity contribution is 7.98. The monoisotopic (exact) mass is 460 g/mol. The molecule has 1 amide bonds. The van der Waals surface area contributed by atoms with Crippen LogP contribution in [0.5, 0.6) is 5.75 Å². The number of benzene rings is 2. The average molecular weight is 461 g/mol. The van der Waals surface area contributed by atoms with Gasteiger partial charge >= 0.3 is 0 Å². The molecule has 0 unspecified atom stereocenters. The Morgan fingerprint density at radius 1 is 1.13 bits per heavy atom. The number of nitrogens with zero attached hydrogens (tertiary/aromatic N) is 1. The van der Waals surface area contributed by atoms with Gasteiger partial charge in [0.1, 0.15) is 10.8 Å². The van der Waals surface area contributed by atoms with E-state index in [1.54, 1.807) is 23.9 Å². The van der Waals surface area contributed by atoms with Crippen LogP contribution in [-0.4, -0.2) is 39.8 Å². The number of hydrogen-bond acceptors (Lipinski definition) is 6. The molecule has 5 nitrogen and oxygen atoms in total. The fourth-order valence-electron chi connectivity index (χ4n) is 2.86. The number of nitrogens with one attached hydrogen (secondary N) is 1. The second-order valence-corrected chi connectivity index (χ2v) is 8.39. The number of phenols is 1. The van der Waals surface area contributed by atoms with Crippen LogP contribution in [0.4, 0.5) is 0 Å². The summed E-state index contributed by atoms with van der Waals surface area (Å²) in [6.07, 6.45) is 2.65. The lowest BCUT2D eigenvalue weighted by Gasteiger charge is -2.17. The fraction of sp³-hybridized carbons (Fsp3) is 0.227. The first-order valence-corrected chi connectivity index (χ1v) is 11.5. The zero-order chi connectivity index (χ0) is 20.6. The number of rotatable bonds is 9. The van der Waals surface area contributed by atoms with Gasteiger partial charge in [0.25, 0.3) is 5.91 Å². The molecule has 0 aliphatic carbocycles. The summed E-state index contributed by atoms with van der Waals surface area (Å²) in [6.45, 7) is 0. The third-order valence-corrected chi connectivity index (χ3v) is 5.89. The quantitative estimate of drug-likeness (QED) is 0.498. The van der Waals surface area contributed by atoms with Gasteiger partial charge in [0.05, 0.1) is 23.7 Å². The molecule has 3 rings (SSSR count). The molecule has 1 heterocycles. The smallest absolute Gasteiger partial charge is 0.255 e. The predicted octanol–water partition coefficient (Wildman–Crippen LogP) is 4.29. The Bertz CT molecular complexity index is 977. The molecule has 0 saturated carbocycles. The van der Waals surface area contributed by atoms with Crippen LogP contribution < -0.4 is 5.32 Å².